The maximum atomic E-state index is 12.9. The van der Waals surface area contributed by atoms with Gasteiger partial charge in [-0.3, -0.25) is 0 Å². The van der Waals surface area contributed by atoms with Gasteiger partial charge in [0.1, 0.15) is 0 Å². The Labute approximate surface area is 144 Å². The van der Waals surface area contributed by atoms with Crippen LogP contribution in [0.5, 0.6) is 0 Å². The summed E-state index contributed by atoms with van der Waals surface area (Å²) in [7, 11) is 0. The standard InChI is InChI=1S/C9F18O2/c10-1(2(11)12)3(13,14)6(19,20)28-7(21,22)4(15,16)5(17,18)8(23,24)29-9(25,26)27. The summed E-state index contributed by atoms with van der Waals surface area (Å²) < 4.78 is 226. The summed E-state index contributed by atoms with van der Waals surface area (Å²) in [4.78, 5) is 0. The van der Waals surface area contributed by atoms with Crippen LogP contribution in [0.15, 0.2) is 11.9 Å². The first-order valence-electron chi connectivity index (χ1n) is 5.72. The van der Waals surface area contributed by atoms with Crippen LogP contribution in [0.25, 0.3) is 0 Å². The van der Waals surface area contributed by atoms with Crippen LogP contribution in [-0.2, 0) is 9.47 Å². The summed E-state index contributed by atoms with van der Waals surface area (Å²) in [6, 6.07) is 0. The van der Waals surface area contributed by atoms with E-state index in [1.54, 1.807) is 0 Å². The van der Waals surface area contributed by atoms with Crippen molar-refractivity contribution in [3.05, 3.63) is 11.9 Å². The quantitative estimate of drug-likeness (QED) is 0.379. The van der Waals surface area contributed by atoms with Crippen molar-refractivity contribution >= 4 is 0 Å². The summed E-state index contributed by atoms with van der Waals surface area (Å²) in [5.41, 5.74) is 0. The monoisotopic (exact) mass is 482 g/mol. The van der Waals surface area contributed by atoms with Crippen LogP contribution in [0, 0.1) is 0 Å². The van der Waals surface area contributed by atoms with Gasteiger partial charge < -0.3 is 0 Å². The zero-order valence-corrected chi connectivity index (χ0v) is 12.1. The molecule has 0 aliphatic carbocycles. The molecule has 0 saturated heterocycles. The van der Waals surface area contributed by atoms with Gasteiger partial charge in [0, 0.05) is 0 Å². The molecule has 0 aliphatic rings. The third-order valence-electron chi connectivity index (χ3n) is 2.43. The molecule has 0 aromatic rings. The van der Waals surface area contributed by atoms with E-state index >= 15 is 0 Å². The molecule has 0 saturated carbocycles. The normalized spacial score (nSPS) is 15.5. The minimum atomic E-state index is -8.21. The van der Waals surface area contributed by atoms with Gasteiger partial charge in [-0.2, -0.15) is 65.9 Å². The van der Waals surface area contributed by atoms with Crippen LogP contribution < -0.4 is 0 Å². The molecular formula is C9F18O2. The summed E-state index contributed by atoms with van der Waals surface area (Å²) in [5.74, 6) is -28.2. The summed E-state index contributed by atoms with van der Waals surface area (Å²) in [6.07, 6.45) is -34.4. The van der Waals surface area contributed by atoms with Crippen LogP contribution in [-0.4, -0.2) is 42.5 Å². The molecule has 0 atom stereocenters. The molecule has 0 aromatic heterocycles. The second-order valence-electron chi connectivity index (χ2n) is 4.50. The van der Waals surface area contributed by atoms with Crippen molar-refractivity contribution in [3.63, 3.8) is 0 Å². The van der Waals surface area contributed by atoms with E-state index in [-0.39, 0.29) is 0 Å². The molecule has 20 heteroatoms. The zero-order chi connectivity index (χ0) is 24.1. The van der Waals surface area contributed by atoms with E-state index in [4.69, 9.17) is 0 Å². The zero-order valence-electron chi connectivity index (χ0n) is 12.1. The smallest absolute Gasteiger partial charge is 0.245 e. The maximum Gasteiger partial charge on any atom is 0.527 e. The lowest BCUT2D eigenvalue weighted by atomic mass is 10.1. The van der Waals surface area contributed by atoms with Crippen molar-refractivity contribution in [3.8, 4) is 0 Å². The number of rotatable bonds is 8. The lowest BCUT2D eigenvalue weighted by Gasteiger charge is -2.37. The van der Waals surface area contributed by atoms with Gasteiger partial charge in [-0.25, -0.2) is 9.47 Å². The molecular weight excluding hydrogens is 482 g/mol. The molecule has 0 amide bonds. The van der Waals surface area contributed by atoms with Gasteiger partial charge in [0.15, 0.2) is 0 Å². The third-order valence-corrected chi connectivity index (χ3v) is 2.43. The van der Waals surface area contributed by atoms with Gasteiger partial charge in [-0.1, -0.05) is 0 Å². The van der Waals surface area contributed by atoms with E-state index in [0.29, 0.717) is 0 Å². The molecule has 0 N–H and O–H groups in total. The fraction of sp³-hybridized carbons (Fsp3) is 0.778. The Morgan fingerprint density at radius 3 is 1.03 bits per heavy atom. The van der Waals surface area contributed by atoms with Crippen molar-refractivity contribution in [1.29, 1.82) is 0 Å². The van der Waals surface area contributed by atoms with E-state index in [1.165, 1.54) is 9.47 Å². The molecule has 0 radical (unpaired) electrons. The molecule has 0 heterocycles. The Balaban J connectivity index is 6.20. The minimum Gasteiger partial charge on any atom is -0.245 e. The van der Waals surface area contributed by atoms with Gasteiger partial charge in [0.05, 0.1) is 0 Å². The Hall–Kier alpha value is -1.60. The summed E-state index contributed by atoms with van der Waals surface area (Å²) in [6.45, 7) is 0. The first-order valence-corrected chi connectivity index (χ1v) is 5.72. The lowest BCUT2D eigenvalue weighted by molar-refractivity contribution is -0.529. The Kier molecular flexibility index (Phi) is 6.87. The highest BCUT2D eigenvalue weighted by Crippen LogP contribution is 2.57. The fourth-order valence-electron chi connectivity index (χ4n) is 1.11. The van der Waals surface area contributed by atoms with Crippen molar-refractivity contribution in [2.24, 2.45) is 0 Å². The first kappa shape index (κ1) is 27.4. The maximum absolute atomic E-state index is 12.9. The van der Waals surface area contributed by atoms with E-state index in [1.807, 2.05) is 0 Å². The average Bonchev–Trinajstić information content (AvgIpc) is 2.41. The third kappa shape index (κ3) is 4.94. The predicted octanol–water partition coefficient (Wildman–Crippen LogP) is 6.30. The largest absolute Gasteiger partial charge is 0.527 e. The van der Waals surface area contributed by atoms with Gasteiger partial charge >= 0.3 is 48.5 Å². The van der Waals surface area contributed by atoms with Gasteiger partial charge in [0.25, 0.3) is 0 Å². The van der Waals surface area contributed by atoms with E-state index in [0.717, 1.165) is 0 Å². The van der Waals surface area contributed by atoms with Gasteiger partial charge in [0.2, 0.25) is 5.83 Å². The molecule has 0 aromatic carbocycles. The molecule has 0 bridgehead atoms. The molecule has 0 unspecified atom stereocenters. The van der Waals surface area contributed by atoms with Crippen molar-refractivity contribution in [2.45, 2.75) is 42.5 Å². The second kappa shape index (κ2) is 7.27. The van der Waals surface area contributed by atoms with Crippen LogP contribution >= 0.6 is 0 Å². The average molecular weight is 482 g/mol. The summed E-state index contributed by atoms with van der Waals surface area (Å²) in [5, 5.41) is 0. The van der Waals surface area contributed by atoms with Gasteiger partial charge in [-0.15, -0.1) is 13.2 Å². The SMILES string of the molecule is FC(F)=C(F)C(F)(F)C(F)(F)OC(F)(F)C(F)(F)C(F)(F)C(F)(F)OC(F)(F)F. The highest BCUT2D eigenvalue weighted by atomic mass is 19.4. The van der Waals surface area contributed by atoms with E-state index < -0.39 is 54.4 Å². The van der Waals surface area contributed by atoms with Crippen molar-refractivity contribution < 1.29 is 88.5 Å². The van der Waals surface area contributed by atoms with Crippen molar-refractivity contribution in [1.82, 2.24) is 0 Å². The molecule has 29 heavy (non-hydrogen) atoms. The van der Waals surface area contributed by atoms with Crippen LogP contribution in [0.2, 0.25) is 0 Å². The highest BCUT2D eigenvalue weighted by Gasteiger charge is 2.86. The Morgan fingerprint density at radius 2 is 0.759 bits per heavy atom. The first-order chi connectivity index (χ1) is 12.3. The van der Waals surface area contributed by atoms with Crippen LogP contribution in [0.1, 0.15) is 0 Å². The number of alkyl halides is 15. The molecule has 174 valence electrons. The van der Waals surface area contributed by atoms with Crippen LogP contribution in [0.4, 0.5) is 79.0 Å². The minimum absolute atomic E-state index is 1.18. The number of halogens is 18. The van der Waals surface area contributed by atoms with E-state index in [9.17, 15) is 79.0 Å². The summed E-state index contributed by atoms with van der Waals surface area (Å²) >= 11 is 0. The Bertz CT molecular complexity index is 626. The topological polar surface area (TPSA) is 18.5 Å². The number of hydrogen-bond donors (Lipinski definition) is 0. The lowest BCUT2D eigenvalue weighted by Crippen LogP contribution is -2.66. The number of hydrogen-bond acceptors (Lipinski definition) is 2. The van der Waals surface area contributed by atoms with Crippen LogP contribution in [0.3, 0.4) is 0 Å². The van der Waals surface area contributed by atoms with E-state index in [2.05, 4.69) is 0 Å². The second-order valence-corrected chi connectivity index (χ2v) is 4.50. The molecule has 2 nitrogen and oxygen atoms in total. The fourth-order valence-corrected chi connectivity index (χ4v) is 1.11. The molecule has 0 rings (SSSR count). The molecule has 0 spiro atoms. The number of ether oxygens (including phenoxy) is 2. The van der Waals surface area contributed by atoms with Gasteiger partial charge in [-0.05, 0) is 0 Å². The Morgan fingerprint density at radius 1 is 0.448 bits per heavy atom. The van der Waals surface area contributed by atoms with Crippen molar-refractivity contribution in [2.75, 3.05) is 0 Å². The highest BCUT2D eigenvalue weighted by molar-refractivity contribution is 5.09. The predicted molar refractivity (Wildman–Crippen MR) is 48.3 cm³/mol. The molecule has 0 aliphatic heterocycles. The molecule has 0 fully saturated rings.